The molecule has 1 aliphatic heterocycles. The molecule has 1 aliphatic rings. The zero-order chi connectivity index (χ0) is 15.4. The summed E-state index contributed by atoms with van der Waals surface area (Å²) in [5.41, 5.74) is 0.921. The van der Waals surface area contributed by atoms with Gasteiger partial charge in [0.15, 0.2) is 0 Å². The fraction of sp³-hybridized carbons (Fsp3) is 0.706. The molecule has 0 aromatic carbocycles. The average molecular weight is 293 g/mol. The molecule has 1 fully saturated rings. The number of halogens is 1. The van der Waals surface area contributed by atoms with Crippen molar-refractivity contribution in [3.05, 3.63) is 29.8 Å². The minimum atomic E-state index is -0.278. The number of rotatable bonds is 5. The van der Waals surface area contributed by atoms with Gasteiger partial charge in [-0.2, -0.15) is 0 Å². The molecule has 2 rings (SSSR count). The SMILES string of the molecule is CNC(c1ccc(F)cn1)C(C)CN1CCC(C)C(C)C1. The number of likely N-dealkylation sites (tertiary alicyclic amines) is 1. The fourth-order valence-electron chi connectivity index (χ4n) is 3.32. The minimum absolute atomic E-state index is 0.167. The Morgan fingerprint density at radius 3 is 2.71 bits per heavy atom. The predicted octanol–water partition coefficient (Wildman–Crippen LogP) is 3.10. The number of pyridine rings is 1. The smallest absolute Gasteiger partial charge is 0.141 e. The van der Waals surface area contributed by atoms with Crippen LogP contribution in [0.15, 0.2) is 18.3 Å². The summed E-state index contributed by atoms with van der Waals surface area (Å²) in [5, 5.41) is 3.34. The van der Waals surface area contributed by atoms with E-state index in [4.69, 9.17) is 0 Å². The Bertz CT molecular complexity index is 434. The normalized spacial score (nSPS) is 26.5. The molecule has 1 N–H and O–H groups in total. The molecule has 1 aromatic heterocycles. The van der Waals surface area contributed by atoms with Crippen LogP contribution in [0, 0.1) is 23.6 Å². The van der Waals surface area contributed by atoms with Gasteiger partial charge in [0.2, 0.25) is 0 Å². The largest absolute Gasteiger partial charge is 0.311 e. The van der Waals surface area contributed by atoms with E-state index < -0.39 is 0 Å². The van der Waals surface area contributed by atoms with Crippen molar-refractivity contribution in [3.63, 3.8) is 0 Å². The van der Waals surface area contributed by atoms with E-state index >= 15 is 0 Å². The van der Waals surface area contributed by atoms with Crippen LogP contribution in [-0.2, 0) is 0 Å². The molecule has 4 heteroatoms. The van der Waals surface area contributed by atoms with Crippen molar-refractivity contribution >= 4 is 0 Å². The molecule has 0 aliphatic carbocycles. The summed E-state index contributed by atoms with van der Waals surface area (Å²) in [7, 11) is 1.95. The van der Waals surface area contributed by atoms with E-state index in [9.17, 15) is 4.39 Å². The first-order valence-electron chi connectivity index (χ1n) is 8.02. The predicted molar refractivity (Wildman–Crippen MR) is 84.5 cm³/mol. The maximum absolute atomic E-state index is 13.0. The van der Waals surface area contributed by atoms with Gasteiger partial charge in [-0.05, 0) is 49.9 Å². The minimum Gasteiger partial charge on any atom is -0.311 e. The maximum atomic E-state index is 13.0. The topological polar surface area (TPSA) is 28.2 Å². The van der Waals surface area contributed by atoms with E-state index in [0.717, 1.165) is 24.1 Å². The first-order valence-corrected chi connectivity index (χ1v) is 8.02. The lowest BCUT2D eigenvalue weighted by atomic mass is 9.87. The van der Waals surface area contributed by atoms with Crippen LogP contribution in [0.5, 0.6) is 0 Å². The zero-order valence-corrected chi connectivity index (χ0v) is 13.6. The van der Waals surface area contributed by atoms with Crippen molar-refractivity contribution in [1.82, 2.24) is 15.2 Å². The van der Waals surface area contributed by atoms with E-state index in [0.29, 0.717) is 5.92 Å². The van der Waals surface area contributed by atoms with Gasteiger partial charge < -0.3 is 10.2 Å². The third kappa shape index (κ3) is 4.24. The molecule has 0 radical (unpaired) electrons. The molecule has 2 heterocycles. The number of hydrogen-bond acceptors (Lipinski definition) is 3. The van der Waals surface area contributed by atoms with Crippen molar-refractivity contribution in [2.24, 2.45) is 17.8 Å². The molecule has 3 nitrogen and oxygen atoms in total. The second kappa shape index (κ2) is 7.32. The van der Waals surface area contributed by atoms with Crippen molar-refractivity contribution < 1.29 is 4.39 Å². The first kappa shape index (κ1) is 16.4. The number of aromatic nitrogens is 1. The van der Waals surface area contributed by atoms with Crippen LogP contribution in [-0.4, -0.2) is 36.6 Å². The van der Waals surface area contributed by atoms with Gasteiger partial charge in [-0.1, -0.05) is 20.8 Å². The highest BCUT2D eigenvalue weighted by Gasteiger charge is 2.26. The summed E-state index contributed by atoms with van der Waals surface area (Å²) in [6, 6.07) is 3.44. The Morgan fingerprint density at radius 1 is 1.38 bits per heavy atom. The Hall–Kier alpha value is -1.00. The van der Waals surface area contributed by atoms with E-state index in [1.165, 1.54) is 31.8 Å². The quantitative estimate of drug-likeness (QED) is 0.904. The van der Waals surface area contributed by atoms with Crippen LogP contribution in [0.1, 0.15) is 38.9 Å². The van der Waals surface area contributed by atoms with Crippen molar-refractivity contribution in [2.75, 3.05) is 26.7 Å². The fourth-order valence-corrected chi connectivity index (χ4v) is 3.32. The monoisotopic (exact) mass is 293 g/mol. The first-order chi connectivity index (χ1) is 10.0. The van der Waals surface area contributed by atoms with E-state index in [1.807, 2.05) is 7.05 Å². The molecule has 0 saturated carbocycles. The number of nitrogens with one attached hydrogen (secondary N) is 1. The van der Waals surface area contributed by atoms with Gasteiger partial charge in [-0.25, -0.2) is 4.39 Å². The van der Waals surface area contributed by atoms with Crippen molar-refractivity contribution in [1.29, 1.82) is 0 Å². The standard InChI is InChI=1S/C17H28FN3/c1-12-7-8-21(10-13(12)2)11-14(3)17(19-4)16-6-5-15(18)9-20-16/h5-6,9,12-14,17,19H,7-8,10-11H2,1-4H3. The van der Waals surface area contributed by atoms with Crippen LogP contribution in [0.2, 0.25) is 0 Å². The Labute approximate surface area is 127 Å². The van der Waals surface area contributed by atoms with Gasteiger partial charge in [-0.15, -0.1) is 0 Å². The van der Waals surface area contributed by atoms with Crippen LogP contribution >= 0.6 is 0 Å². The number of nitrogens with zero attached hydrogens (tertiary/aromatic N) is 2. The average Bonchev–Trinajstić information content (AvgIpc) is 2.46. The van der Waals surface area contributed by atoms with Crippen LogP contribution in [0.3, 0.4) is 0 Å². The maximum Gasteiger partial charge on any atom is 0.141 e. The van der Waals surface area contributed by atoms with Gasteiger partial charge in [0, 0.05) is 13.1 Å². The van der Waals surface area contributed by atoms with Crippen molar-refractivity contribution in [2.45, 2.75) is 33.2 Å². The van der Waals surface area contributed by atoms with Gasteiger partial charge in [0.1, 0.15) is 5.82 Å². The summed E-state index contributed by atoms with van der Waals surface area (Å²) in [5.74, 6) is 1.76. The third-order valence-electron chi connectivity index (χ3n) is 4.91. The Balaban J connectivity index is 1.97. The lowest BCUT2D eigenvalue weighted by Crippen LogP contribution is -2.42. The molecule has 0 amide bonds. The highest BCUT2D eigenvalue weighted by atomic mass is 19.1. The van der Waals surface area contributed by atoms with E-state index in [2.05, 4.69) is 36.0 Å². The van der Waals surface area contributed by atoms with Gasteiger partial charge in [-0.3, -0.25) is 4.98 Å². The van der Waals surface area contributed by atoms with Crippen LogP contribution in [0.25, 0.3) is 0 Å². The summed E-state index contributed by atoms with van der Waals surface area (Å²) < 4.78 is 13.0. The summed E-state index contributed by atoms with van der Waals surface area (Å²) >= 11 is 0. The van der Waals surface area contributed by atoms with E-state index in [-0.39, 0.29) is 11.9 Å². The molecule has 118 valence electrons. The summed E-state index contributed by atoms with van der Waals surface area (Å²) in [6.45, 7) is 10.4. The molecule has 21 heavy (non-hydrogen) atoms. The molecule has 1 saturated heterocycles. The van der Waals surface area contributed by atoms with Gasteiger partial charge in [0.05, 0.1) is 17.9 Å². The zero-order valence-electron chi connectivity index (χ0n) is 13.6. The lowest BCUT2D eigenvalue weighted by Gasteiger charge is -2.38. The summed E-state index contributed by atoms with van der Waals surface area (Å²) in [4.78, 5) is 6.79. The Kier molecular flexibility index (Phi) is 5.71. The number of hydrogen-bond donors (Lipinski definition) is 1. The Morgan fingerprint density at radius 2 is 2.14 bits per heavy atom. The van der Waals surface area contributed by atoms with Gasteiger partial charge >= 0.3 is 0 Å². The molecule has 0 spiro atoms. The molecular weight excluding hydrogens is 265 g/mol. The third-order valence-corrected chi connectivity index (χ3v) is 4.91. The molecule has 1 aromatic rings. The van der Waals surface area contributed by atoms with Gasteiger partial charge in [0.25, 0.3) is 0 Å². The molecule has 0 bridgehead atoms. The lowest BCUT2D eigenvalue weighted by molar-refractivity contribution is 0.115. The second-order valence-electron chi connectivity index (χ2n) is 6.65. The number of piperidine rings is 1. The molecule has 4 atom stereocenters. The highest BCUT2D eigenvalue weighted by Crippen LogP contribution is 2.26. The van der Waals surface area contributed by atoms with E-state index in [1.54, 1.807) is 6.07 Å². The molecule has 4 unspecified atom stereocenters. The molecular formula is C17H28FN3. The highest BCUT2D eigenvalue weighted by molar-refractivity contribution is 5.11. The van der Waals surface area contributed by atoms with Crippen molar-refractivity contribution in [3.8, 4) is 0 Å². The van der Waals surface area contributed by atoms with Crippen LogP contribution in [0.4, 0.5) is 4.39 Å². The summed E-state index contributed by atoms with van der Waals surface area (Å²) in [6.07, 6.45) is 2.59. The van der Waals surface area contributed by atoms with Crippen LogP contribution < -0.4 is 5.32 Å². The second-order valence-corrected chi connectivity index (χ2v) is 6.65.